The van der Waals surface area contributed by atoms with Gasteiger partial charge in [-0.25, -0.2) is 0 Å². The molecule has 0 aromatic carbocycles. The predicted octanol–water partition coefficient (Wildman–Crippen LogP) is 1.40. The number of allylic oxidation sites excluding steroid dienone is 1. The maximum absolute atomic E-state index is 8.74. The van der Waals surface area contributed by atoms with Gasteiger partial charge in [0.05, 0.1) is 0 Å². The molecule has 0 aliphatic heterocycles. The third kappa shape index (κ3) is 10.3. The molecule has 5 heteroatoms. The maximum Gasteiger partial charge on any atom is 0.117 e. The van der Waals surface area contributed by atoms with Crippen molar-refractivity contribution in [1.29, 1.82) is 0 Å². The fraction of sp³-hybridized carbons (Fsp3) is 0.333. The fourth-order valence-corrected chi connectivity index (χ4v) is 1.17. The molecule has 44 valence electrons. The van der Waals surface area contributed by atoms with Crippen molar-refractivity contribution in [2.45, 2.75) is 0 Å². The van der Waals surface area contributed by atoms with Gasteiger partial charge in [0.1, 0.15) is 5.47 Å². The molecule has 0 bridgehead atoms. The van der Waals surface area contributed by atoms with E-state index in [-0.39, 0.29) is 19.5 Å². The van der Waals surface area contributed by atoms with E-state index in [4.69, 9.17) is 4.89 Å². The van der Waals surface area contributed by atoms with Crippen LogP contribution in [0.5, 0.6) is 0 Å². The molecule has 1 N–H and O–H groups in total. The monoisotopic (exact) mass is 218 g/mol. The van der Waals surface area contributed by atoms with Gasteiger partial charge in [-0.15, -0.1) is 18.8 Å². The molecule has 0 rings (SSSR count). The molecule has 0 aliphatic rings. The molecule has 0 aromatic heterocycles. The molecule has 0 heterocycles. The molecule has 0 radical (unpaired) electrons. The van der Waals surface area contributed by atoms with Crippen LogP contribution in [0, 0.1) is 0 Å². The zero-order valence-electron chi connectivity index (χ0n) is 4.45. The molecule has 0 aromatic rings. The van der Waals surface area contributed by atoms with Crippen LogP contribution in [0.4, 0.5) is 0 Å². The third-order valence-electron chi connectivity index (χ3n) is 0.367. The van der Waals surface area contributed by atoms with Crippen molar-refractivity contribution in [3.05, 3.63) is 12.7 Å². The average molecular weight is 220 g/mol. The molecule has 8 heavy (non-hydrogen) atoms. The van der Waals surface area contributed by atoms with Crippen LogP contribution in [0.3, 0.4) is 0 Å². The summed E-state index contributed by atoms with van der Waals surface area (Å²) < 4.78 is 0. The van der Waals surface area contributed by atoms with Crippen molar-refractivity contribution in [3.8, 4) is 0 Å². The Morgan fingerprint density at radius 3 is 2.25 bits per heavy atom. The van der Waals surface area contributed by atoms with E-state index < -0.39 is 5.47 Å². The van der Waals surface area contributed by atoms with Gasteiger partial charge in [-0.1, -0.05) is 17.9 Å². The zero-order chi connectivity index (χ0) is 5.91. The number of hydrogen-bond acceptors (Lipinski definition) is 1. The van der Waals surface area contributed by atoms with Crippen LogP contribution in [0.15, 0.2) is 12.7 Å². The van der Waals surface area contributed by atoms with Crippen LogP contribution < -0.4 is 0 Å². The Balaban J connectivity index is 0. The summed E-state index contributed by atoms with van der Waals surface area (Å²) in [5.74, 6) is 0. The van der Waals surface area contributed by atoms with Gasteiger partial charge in [0.2, 0.25) is 0 Å². The molecule has 0 aliphatic carbocycles. The topological polar surface area (TPSA) is 20.2 Å². The fourth-order valence-electron chi connectivity index (χ4n) is 0.168. The summed E-state index contributed by atoms with van der Waals surface area (Å²) in [5, 5.41) is 0. The van der Waals surface area contributed by atoms with E-state index in [1.807, 2.05) is 0 Å². The van der Waals surface area contributed by atoms with Crippen molar-refractivity contribution >= 4 is 29.5 Å². The summed E-state index contributed by atoms with van der Waals surface area (Å²) >= 11 is 8.29. The predicted molar refractivity (Wildman–Crippen MR) is 40.6 cm³/mol. The van der Waals surface area contributed by atoms with Gasteiger partial charge < -0.3 is 4.89 Å². The van der Waals surface area contributed by atoms with Gasteiger partial charge in [0, 0.05) is 25.6 Å². The first-order valence-electron chi connectivity index (χ1n) is 1.72. The zero-order valence-corrected chi connectivity index (χ0v) is 10.0. The second-order valence-corrected chi connectivity index (χ2v) is 7.44. The SMILES string of the molecule is C=CCP(O)(=S)S.[Zn]. The second-order valence-electron chi connectivity index (χ2n) is 1.14. The summed E-state index contributed by atoms with van der Waals surface area (Å²) in [6.45, 7) is 3.40. The second kappa shape index (κ2) is 5.14. The van der Waals surface area contributed by atoms with Gasteiger partial charge in [0.15, 0.2) is 0 Å². The van der Waals surface area contributed by atoms with Gasteiger partial charge >= 0.3 is 0 Å². The summed E-state index contributed by atoms with van der Waals surface area (Å²) in [5.41, 5.74) is -2.26. The van der Waals surface area contributed by atoms with Crippen LogP contribution in [0.2, 0.25) is 0 Å². The normalized spacial score (nSPS) is 15.8. The molecule has 0 fully saturated rings. The molecule has 0 saturated heterocycles. The summed E-state index contributed by atoms with van der Waals surface area (Å²) in [7, 11) is 0. The minimum atomic E-state index is -2.26. The molecule has 0 spiro atoms. The molecule has 1 atom stereocenters. The largest absolute Gasteiger partial charge is 0.357 e. The van der Waals surface area contributed by atoms with Gasteiger partial charge in [-0.05, 0) is 0 Å². The maximum atomic E-state index is 8.74. The number of thiol groups is 1. The van der Waals surface area contributed by atoms with E-state index in [0.717, 1.165) is 0 Å². The molecule has 1 nitrogen and oxygen atoms in total. The van der Waals surface area contributed by atoms with Gasteiger partial charge in [-0.2, -0.15) is 0 Å². The van der Waals surface area contributed by atoms with Crippen molar-refractivity contribution in [2.24, 2.45) is 0 Å². The first-order valence-corrected chi connectivity index (χ1v) is 5.81. The summed E-state index contributed by atoms with van der Waals surface area (Å²) in [6.07, 6.45) is 2.03. The van der Waals surface area contributed by atoms with E-state index in [2.05, 4.69) is 30.6 Å². The molecular weight excluding hydrogens is 213 g/mol. The van der Waals surface area contributed by atoms with Crippen LogP contribution in [-0.2, 0) is 31.3 Å². The number of rotatable bonds is 2. The van der Waals surface area contributed by atoms with E-state index in [9.17, 15) is 0 Å². The molecule has 0 saturated carbocycles. The van der Waals surface area contributed by atoms with Crippen LogP contribution in [0.25, 0.3) is 0 Å². The molecule has 0 amide bonds. The first-order chi connectivity index (χ1) is 3.06. The molecular formula is C3H7OPS2Zn. The Labute approximate surface area is 72.6 Å². The first kappa shape index (κ1) is 12.0. The Bertz CT molecular complexity index is 110. The van der Waals surface area contributed by atoms with Crippen LogP contribution >= 0.6 is 17.7 Å². The average Bonchev–Trinajstić information content (AvgIpc) is 1.30. The van der Waals surface area contributed by atoms with E-state index in [1.54, 1.807) is 6.08 Å². The van der Waals surface area contributed by atoms with Crippen molar-refractivity contribution in [3.63, 3.8) is 0 Å². The van der Waals surface area contributed by atoms with Crippen molar-refractivity contribution in [1.82, 2.24) is 0 Å². The van der Waals surface area contributed by atoms with Crippen LogP contribution in [0.1, 0.15) is 0 Å². The Hall–Kier alpha value is 1.32. The molecule has 1 unspecified atom stereocenters. The Morgan fingerprint density at radius 1 is 1.88 bits per heavy atom. The Kier molecular flexibility index (Phi) is 7.73. The summed E-state index contributed by atoms with van der Waals surface area (Å²) in [6, 6.07) is 0. The van der Waals surface area contributed by atoms with Crippen molar-refractivity contribution < 1.29 is 24.4 Å². The number of hydrogen-bond donors (Lipinski definition) is 2. The third-order valence-corrected chi connectivity index (χ3v) is 2.04. The minimum absolute atomic E-state index is 0. The van der Waals surface area contributed by atoms with E-state index >= 15 is 0 Å². The smallest absolute Gasteiger partial charge is 0.117 e. The van der Waals surface area contributed by atoms with E-state index in [0.29, 0.717) is 6.16 Å². The summed E-state index contributed by atoms with van der Waals surface area (Å²) in [4.78, 5) is 8.74. The quantitative estimate of drug-likeness (QED) is 0.317. The van der Waals surface area contributed by atoms with Crippen LogP contribution in [-0.4, -0.2) is 11.1 Å². The van der Waals surface area contributed by atoms with Gasteiger partial charge in [0.25, 0.3) is 0 Å². The standard InChI is InChI=1S/C3H7OPS2.Zn/c1-2-3-5(4,6)7;/h2H,1,3H2,(H2,4,6,7);. The van der Waals surface area contributed by atoms with E-state index in [1.165, 1.54) is 0 Å². The van der Waals surface area contributed by atoms with Crippen molar-refractivity contribution in [2.75, 3.05) is 6.16 Å². The van der Waals surface area contributed by atoms with Gasteiger partial charge in [-0.3, -0.25) is 0 Å². The minimum Gasteiger partial charge on any atom is -0.357 e. The Morgan fingerprint density at radius 2 is 2.25 bits per heavy atom.